The molecule has 2 N–H and O–H groups in total. The lowest BCUT2D eigenvalue weighted by Gasteiger charge is -2.07. The summed E-state index contributed by atoms with van der Waals surface area (Å²) in [5.41, 5.74) is 5.35. The van der Waals surface area contributed by atoms with Gasteiger partial charge in [0.1, 0.15) is 5.75 Å². The van der Waals surface area contributed by atoms with Crippen LogP contribution in [0.25, 0.3) is 11.4 Å². The summed E-state index contributed by atoms with van der Waals surface area (Å²) in [5.74, 6) is 0.856. The molecule has 0 bridgehead atoms. The molecule has 0 radical (unpaired) electrons. The lowest BCUT2D eigenvalue weighted by molar-refractivity contribution is -0.118. The summed E-state index contributed by atoms with van der Waals surface area (Å²) >= 11 is 1.31. The first-order valence-corrected chi connectivity index (χ1v) is 9.79. The van der Waals surface area contributed by atoms with Gasteiger partial charge in [-0.2, -0.15) is 5.10 Å². The van der Waals surface area contributed by atoms with Gasteiger partial charge in [-0.1, -0.05) is 53.7 Å². The minimum Gasteiger partial charge on any atom is -0.508 e. The molecule has 7 nitrogen and oxygen atoms in total. The number of aromatic hydroxyl groups is 1. The van der Waals surface area contributed by atoms with Crippen molar-refractivity contribution in [3.05, 3.63) is 59.7 Å². The van der Waals surface area contributed by atoms with E-state index >= 15 is 0 Å². The lowest BCUT2D eigenvalue weighted by Crippen LogP contribution is -2.20. The van der Waals surface area contributed by atoms with E-state index in [2.05, 4.69) is 20.7 Å². The van der Waals surface area contributed by atoms with Crippen LogP contribution in [0, 0.1) is 6.92 Å². The molecule has 0 atom stereocenters. The maximum atomic E-state index is 12.0. The van der Waals surface area contributed by atoms with Crippen molar-refractivity contribution in [3.63, 3.8) is 0 Å². The van der Waals surface area contributed by atoms with Crippen LogP contribution < -0.4 is 5.43 Å². The highest BCUT2D eigenvalue weighted by molar-refractivity contribution is 7.99. The Balaban J connectivity index is 1.59. The number of aromatic nitrogens is 3. The molecule has 0 aliphatic rings. The first-order valence-electron chi connectivity index (χ1n) is 8.81. The highest BCUT2D eigenvalue weighted by Crippen LogP contribution is 2.24. The Morgan fingerprint density at radius 1 is 1.25 bits per heavy atom. The maximum absolute atomic E-state index is 12.0. The predicted octanol–water partition coefficient (Wildman–Crippen LogP) is 3.22. The van der Waals surface area contributed by atoms with Gasteiger partial charge in [0.15, 0.2) is 11.0 Å². The van der Waals surface area contributed by atoms with Gasteiger partial charge in [0.05, 0.1) is 12.0 Å². The average Bonchev–Trinajstić information content (AvgIpc) is 3.10. The molecule has 3 aromatic rings. The van der Waals surface area contributed by atoms with Crippen LogP contribution in [0.15, 0.2) is 58.8 Å². The Morgan fingerprint density at radius 3 is 2.75 bits per heavy atom. The van der Waals surface area contributed by atoms with Crippen molar-refractivity contribution in [2.45, 2.75) is 25.5 Å². The highest BCUT2D eigenvalue weighted by Gasteiger charge is 2.14. The highest BCUT2D eigenvalue weighted by atomic mass is 32.2. The normalized spacial score (nSPS) is 11.1. The van der Waals surface area contributed by atoms with Gasteiger partial charge in [-0.15, -0.1) is 10.2 Å². The number of nitrogens with zero attached hydrogens (tertiary/aromatic N) is 4. The van der Waals surface area contributed by atoms with Crippen LogP contribution in [0.1, 0.15) is 18.1 Å². The molecule has 0 aliphatic carbocycles. The minimum atomic E-state index is -0.246. The SMILES string of the molecule is CCn1c(SCC(=O)N/N=C\c2cccc(O)c2)nnc1-c1ccc(C)cc1. The first-order chi connectivity index (χ1) is 13.6. The van der Waals surface area contributed by atoms with E-state index in [1.54, 1.807) is 24.3 Å². The lowest BCUT2D eigenvalue weighted by atomic mass is 10.1. The number of hydrazone groups is 1. The zero-order valence-corrected chi connectivity index (χ0v) is 16.5. The summed E-state index contributed by atoms with van der Waals surface area (Å²) in [5, 5.41) is 22.5. The number of thioether (sulfide) groups is 1. The minimum absolute atomic E-state index is 0.147. The van der Waals surface area contributed by atoms with Gasteiger partial charge in [-0.3, -0.25) is 4.79 Å². The third-order valence-corrected chi connectivity index (χ3v) is 4.92. The fourth-order valence-electron chi connectivity index (χ4n) is 2.54. The molecule has 0 fully saturated rings. The maximum Gasteiger partial charge on any atom is 0.250 e. The molecule has 1 amide bonds. The van der Waals surface area contributed by atoms with Crippen molar-refractivity contribution in [2.75, 3.05) is 5.75 Å². The summed E-state index contributed by atoms with van der Waals surface area (Å²) in [6, 6.07) is 14.7. The second-order valence-corrected chi connectivity index (χ2v) is 7.04. The molecule has 2 aromatic carbocycles. The Morgan fingerprint density at radius 2 is 2.04 bits per heavy atom. The second-order valence-electron chi connectivity index (χ2n) is 6.09. The summed E-state index contributed by atoms with van der Waals surface area (Å²) < 4.78 is 1.98. The predicted molar refractivity (Wildman–Crippen MR) is 110 cm³/mol. The van der Waals surface area contributed by atoms with Gasteiger partial charge in [-0.05, 0) is 31.5 Å². The molecule has 0 spiro atoms. The van der Waals surface area contributed by atoms with Gasteiger partial charge in [0.25, 0.3) is 5.91 Å². The average molecular weight is 395 g/mol. The fourth-order valence-corrected chi connectivity index (χ4v) is 3.34. The third kappa shape index (κ3) is 4.98. The number of benzene rings is 2. The number of hydrogen-bond donors (Lipinski definition) is 2. The second kappa shape index (κ2) is 9.18. The molecule has 1 aromatic heterocycles. The Hall–Kier alpha value is -3.13. The number of rotatable bonds is 7. The molecule has 0 saturated heterocycles. The standard InChI is InChI=1S/C20H21N5O2S/c1-3-25-19(16-9-7-14(2)8-10-16)23-24-20(25)28-13-18(27)22-21-12-15-5-4-6-17(26)11-15/h4-12,26H,3,13H2,1-2H3,(H,22,27)/b21-12-. The van der Waals surface area contributed by atoms with Crippen LogP contribution in [0.2, 0.25) is 0 Å². The molecule has 0 unspecified atom stereocenters. The van der Waals surface area contributed by atoms with Gasteiger partial charge in [-0.25, -0.2) is 5.43 Å². The van der Waals surface area contributed by atoms with Gasteiger partial charge in [0.2, 0.25) is 0 Å². The Bertz CT molecular complexity index is 983. The number of phenolic OH excluding ortho intramolecular Hbond substituents is 1. The molecular weight excluding hydrogens is 374 g/mol. The van der Waals surface area contributed by atoms with Crippen molar-refractivity contribution in [1.82, 2.24) is 20.2 Å². The number of aryl methyl sites for hydroxylation is 1. The molecule has 8 heteroatoms. The molecule has 0 saturated carbocycles. The van der Waals surface area contributed by atoms with Crippen LogP contribution in [0.4, 0.5) is 0 Å². The van der Waals surface area contributed by atoms with Crippen molar-refractivity contribution in [2.24, 2.45) is 5.10 Å². The molecule has 0 aliphatic heterocycles. The van der Waals surface area contributed by atoms with E-state index < -0.39 is 0 Å². The fraction of sp³-hybridized carbons (Fsp3) is 0.200. The summed E-state index contributed by atoms with van der Waals surface area (Å²) in [7, 11) is 0. The number of nitrogens with one attached hydrogen (secondary N) is 1. The molecule has 144 valence electrons. The van der Waals surface area contributed by atoms with Gasteiger partial charge < -0.3 is 9.67 Å². The van der Waals surface area contributed by atoms with E-state index in [-0.39, 0.29) is 17.4 Å². The molecule has 28 heavy (non-hydrogen) atoms. The number of carbonyl (C=O) groups excluding carboxylic acids is 1. The molecule has 1 heterocycles. The molecule has 3 rings (SSSR count). The summed E-state index contributed by atoms with van der Waals surface area (Å²) in [6.07, 6.45) is 1.48. The number of hydrogen-bond acceptors (Lipinski definition) is 6. The number of phenols is 1. The zero-order valence-electron chi connectivity index (χ0n) is 15.7. The zero-order chi connectivity index (χ0) is 19.9. The van der Waals surface area contributed by atoms with Crippen molar-refractivity contribution in [3.8, 4) is 17.1 Å². The summed E-state index contributed by atoms with van der Waals surface area (Å²) in [6.45, 7) is 4.76. The quantitative estimate of drug-likeness (QED) is 0.364. The Kier molecular flexibility index (Phi) is 6.44. The third-order valence-electron chi connectivity index (χ3n) is 3.95. The van der Waals surface area contributed by atoms with Crippen LogP contribution in [0.3, 0.4) is 0 Å². The van der Waals surface area contributed by atoms with E-state index in [1.807, 2.05) is 42.7 Å². The van der Waals surface area contributed by atoms with Crippen LogP contribution in [-0.2, 0) is 11.3 Å². The number of carbonyl (C=O) groups is 1. The monoisotopic (exact) mass is 395 g/mol. The number of amides is 1. The molecular formula is C20H21N5O2S. The van der Waals surface area contributed by atoms with Crippen LogP contribution >= 0.6 is 11.8 Å². The van der Waals surface area contributed by atoms with Gasteiger partial charge >= 0.3 is 0 Å². The van der Waals surface area contributed by atoms with E-state index in [0.29, 0.717) is 17.3 Å². The topological polar surface area (TPSA) is 92.4 Å². The van der Waals surface area contributed by atoms with Crippen molar-refractivity contribution in [1.29, 1.82) is 0 Å². The van der Waals surface area contributed by atoms with E-state index in [1.165, 1.54) is 23.5 Å². The van der Waals surface area contributed by atoms with Crippen LogP contribution in [-0.4, -0.2) is 37.7 Å². The first kappa shape index (κ1) is 19.6. The largest absolute Gasteiger partial charge is 0.508 e. The van der Waals surface area contributed by atoms with Gasteiger partial charge in [0, 0.05) is 12.1 Å². The van der Waals surface area contributed by atoms with Crippen LogP contribution in [0.5, 0.6) is 5.75 Å². The van der Waals surface area contributed by atoms with Crippen molar-refractivity contribution >= 4 is 23.9 Å². The van der Waals surface area contributed by atoms with E-state index in [0.717, 1.165) is 11.4 Å². The van der Waals surface area contributed by atoms with E-state index in [4.69, 9.17) is 0 Å². The Labute approximate surface area is 167 Å². The summed E-state index contributed by atoms with van der Waals surface area (Å²) in [4.78, 5) is 12.0. The smallest absolute Gasteiger partial charge is 0.250 e. The van der Waals surface area contributed by atoms with Crippen molar-refractivity contribution < 1.29 is 9.90 Å². The van der Waals surface area contributed by atoms with E-state index in [9.17, 15) is 9.90 Å².